The summed E-state index contributed by atoms with van der Waals surface area (Å²) in [5, 5.41) is 23.2. The predicted octanol–water partition coefficient (Wildman–Crippen LogP) is 7.01. The number of fused-ring (bicyclic) bond motifs is 2. The van der Waals surface area contributed by atoms with Gasteiger partial charge >= 0.3 is 0 Å². The van der Waals surface area contributed by atoms with Crippen molar-refractivity contribution in [2.45, 2.75) is 144 Å². The maximum Gasteiger partial charge on any atom is 0.255 e. The van der Waals surface area contributed by atoms with E-state index in [1.807, 2.05) is 41.5 Å². The fourth-order valence-corrected chi connectivity index (χ4v) is 10.3. The molecule has 0 radical (unpaired) electrons. The minimum atomic E-state index is -1.04. The molecule has 8 amide bonds. The van der Waals surface area contributed by atoms with Gasteiger partial charge in [0, 0.05) is 59.6 Å². The van der Waals surface area contributed by atoms with E-state index in [1.54, 1.807) is 115 Å². The van der Waals surface area contributed by atoms with E-state index in [0.29, 0.717) is 22.5 Å². The molecular weight excluding hydrogens is 1070 g/mol. The minimum Gasteiger partial charge on any atom is -0.348 e. The summed E-state index contributed by atoms with van der Waals surface area (Å²) in [6, 6.07) is 21.7. The third-order valence-corrected chi connectivity index (χ3v) is 15.7. The Kier molecular flexibility index (Phi) is 19.9. The van der Waals surface area contributed by atoms with Gasteiger partial charge in [-0.15, -0.1) is 0 Å². The molecule has 2 aliphatic heterocycles. The lowest BCUT2D eigenvalue weighted by Crippen LogP contribution is -2.62. The van der Waals surface area contributed by atoms with E-state index in [2.05, 4.69) is 42.5 Å². The Bertz CT molecular complexity index is 3090. The number of amides is 8. The average molecular weight is 1150 g/mol. The van der Waals surface area contributed by atoms with Crippen molar-refractivity contribution < 1.29 is 47.1 Å². The van der Waals surface area contributed by atoms with Crippen LogP contribution in [0.15, 0.2) is 109 Å². The van der Waals surface area contributed by atoms with Crippen LogP contribution in [0.5, 0.6) is 0 Å². The van der Waals surface area contributed by atoms with Crippen molar-refractivity contribution >= 4 is 58.6 Å². The smallest absolute Gasteiger partial charge is 0.255 e. The van der Waals surface area contributed by atoms with Gasteiger partial charge in [-0.05, 0) is 136 Å². The van der Waals surface area contributed by atoms with Crippen LogP contribution in [0, 0.1) is 22.5 Å². The third kappa shape index (κ3) is 14.9. The van der Waals surface area contributed by atoms with Gasteiger partial charge < -0.3 is 52.3 Å². The third-order valence-electron chi connectivity index (χ3n) is 15.7. The van der Waals surface area contributed by atoms with Crippen molar-refractivity contribution in [1.29, 1.82) is 0 Å². The topological polar surface area (TPSA) is 239 Å². The molecule has 20 heteroatoms. The molecule has 7 rings (SSSR count). The molecule has 18 nitrogen and oxygen atoms in total. The highest BCUT2D eigenvalue weighted by Crippen LogP contribution is 2.33. The summed E-state index contributed by atoms with van der Waals surface area (Å²) in [6.45, 7) is 17.4. The number of anilines is 2. The highest BCUT2D eigenvalue weighted by Gasteiger charge is 2.45. The maximum absolute atomic E-state index is 14.8. The van der Waals surface area contributed by atoms with E-state index < -0.39 is 118 Å². The number of halogens is 2. The molecule has 2 unspecified atom stereocenters. The zero-order valence-corrected chi connectivity index (χ0v) is 49.8. The Morgan fingerprint density at radius 3 is 1.14 bits per heavy atom. The maximum atomic E-state index is 14.8. The predicted molar refractivity (Wildman–Crippen MR) is 317 cm³/mol. The summed E-state index contributed by atoms with van der Waals surface area (Å²) in [4.78, 5) is 115. The summed E-state index contributed by atoms with van der Waals surface area (Å²) < 4.78 is 29.7. The number of nitrogens with zero attached hydrogens (tertiary/aromatic N) is 2. The van der Waals surface area contributed by atoms with Gasteiger partial charge in [0.25, 0.3) is 11.8 Å². The van der Waals surface area contributed by atoms with Gasteiger partial charge in [0.1, 0.15) is 35.8 Å². The quantitative estimate of drug-likeness (QED) is 0.0447. The Morgan fingerprint density at radius 1 is 0.476 bits per heavy atom. The van der Waals surface area contributed by atoms with E-state index in [9.17, 15) is 47.1 Å². The molecule has 0 saturated carbocycles. The number of benzene rings is 5. The Hall–Kier alpha value is -8.36. The first-order chi connectivity index (χ1) is 39.6. The fourth-order valence-electron chi connectivity index (χ4n) is 10.3. The molecule has 0 spiro atoms. The number of likely N-dealkylation sites (N-methyl/N-ethyl adjacent to an activating group) is 2. The Labute approximate surface area is 490 Å². The van der Waals surface area contributed by atoms with Crippen molar-refractivity contribution in [1.82, 2.24) is 41.7 Å². The highest BCUT2D eigenvalue weighted by molar-refractivity contribution is 6.07. The van der Waals surface area contributed by atoms with Gasteiger partial charge in [-0.1, -0.05) is 90.1 Å². The second kappa shape index (κ2) is 26.5. The molecule has 0 aliphatic carbocycles. The average Bonchev–Trinajstić information content (AvgIpc) is 3.65. The molecule has 5 aromatic rings. The lowest BCUT2D eigenvalue weighted by molar-refractivity contribution is -0.147. The van der Waals surface area contributed by atoms with E-state index in [4.69, 9.17) is 0 Å². The molecule has 0 fully saturated rings. The van der Waals surface area contributed by atoms with Crippen LogP contribution in [-0.4, -0.2) is 107 Å². The van der Waals surface area contributed by atoms with Crippen LogP contribution >= 0.6 is 0 Å². The number of hydrogen-bond donors (Lipinski definition) is 8. The largest absolute Gasteiger partial charge is 0.348 e. The SMILES string of the molecule is CN[C@@H](C)C(=O)N[C@H](C(=O)N1Cc2cc(NC(=O)c3ccc(C(=O)Nc4ccc5c(c4)CN(C(=O)[C@@H](NC(=O)[C@H](C)NC)C(C)(C)C)[C@H](C(=O)NC(C)c4ccccc4F)C5)cc3)ccc2C[C@H]1C(=O)NC(C)c1ccccc1F)C(C)(C)C. The van der Waals surface area contributed by atoms with Crippen molar-refractivity contribution in [3.63, 3.8) is 0 Å². The molecule has 2 aliphatic rings. The molecule has 0 saturated heterocycles. The van der Waals surface area contributed by atoms with Gasteiger partial charge in [0.05, 0.1) is 24.2 Å². The summed E-state index contributed by atoms with van der Waals surface area (Å²) in [6.07, 6.45) is 0.174. The van der Waals surface area contributed by atoms with Gasteiger partial charge in [-0.25, -0.2) is 8.78 Å². The molecule has 2 heterocycles. The van der Waals surface area contributed by atoms with Gasteiger partial charge in [0.15, 0.2) is 0 Å². The second-order valence-corrected chi connectivity index (χ2v) is 24.0. The first-order valence-electron chi connectivity index (χ1n) is 28.2. The van der Waals surface area contributed by atoms with Crippen LogP contribution in [0.4, 0.5) is 20.2 Å². The monoisotopic (exact) mass is 1150 g/mol. The van der Waals surface area contributed by atoms with E-state index in [1.165, 1.54) is 46.2 Å². The number of rotatable bonds is 18. The molecule has 0 aromatic heterocycles. The van der Waals surface area contributed by atoms with Gasteiger partial charge in [0.2, 0.25) is 35.4 Å². The number of carbonyl (C=O) groups is 8. The van der Waals surface area contributed by atoms with Crippen LogP contribution < -0.4 is 42.5 Å². The number of carbonyl (C=O) groups excluding carboxylic acids is 8. The standard InChI is InChI=1S/C64H78F2N10O8/c1-35(47-17-13-15-19-49(47)65)69-59(81)51-31-41-25-27-45(29-43(41)33-75(51)61(83)53(63(5,6)7)73-55(77)37(3)67-11)71-57(79)39-21-23-40(24-22-39)58(80)72-46-28-26-42-32-52(60(82)70-36(2)48-18-14-16-20-50(48)66)76(34-44(42)30-46)62(84)54(64(8,9)10)74-56(78)38(4)68-12/h13-30,35-38,51-54,67-68H,31-34H2,1-12H3,(H,69,81)(H,70,82)(H,71,79)(H,72,80)(H,73,77)(H,74,78)/t35?,36?,37-,38-,51-,52-,53+,54+/m0/s1. The van der Waals surface area contributed by atoms with Crippen LogP contribution in [0.25, 0.3) is 0 Å². The Balaban J connectivity index is 1.07. The normalized spacial score (nSPS) is 17.1. The lowest BCUT2D eigenvalue weighted by atomic mass is 9.84. The van der Waals surface area contributed by atoms with Crippen molar-refractivity contribution in [3.8, 4) is 0 Å². The van der Waals surface area contributed by atoms with Gasteiger partial charge in [-0.3, -0.25) is 38.4 Å². The minimum absolute atomic E-state index is 0.0537. The van der Waals surface area contributed by atoms with Crippen molar-refractivity contribution in [2.24, 2.45) is 10.8 Å². The van der Waals surface area contributed by atoms with Crippen LogP contribution in [0.3, 0.4) is 0 Å². The molecule has 8 N–H and O–H groups in total. The molecule has 8 atom stereocenters. The summed E-state index contributed by atoms with van der Waals surface area (Å²) in [5.74, 6) is -4.79. The van der Waals surface area contributed by atoms with E-state index >= 15 is 0 Å². The van der Waals surface area contributed by atoms with Crippen LogP contribution in [0.2, 0.25) is 0 Å². The first-order valence-corrected chi connectivity index (χ1v) is 28.2. The Morgan fingerprint density at radius 2 is 0.821 bits per heavy atom. The molecular formula is C64H78F2N10O8. The van der Waals surface area contributed by atoms with Crippen molar-refractivity contribution in [2.75, 3.05) is 24.7 Å². The highest BCUT2D eigenvalue weighted by atomic mass is 19.1. The first kappa shape index (κ1) is 63.2. The molecule has 0 bridgehead atoms. The van der Waals surface area contributed by atoms with Crippen molar-refractivity contribution in [3.05, 3.63) is 165 Å². The summed E-state index contributed by atoms with van der Waals surface area (Å²) in [5.41, 5.74) is 3.01. The fraction of sp³-hybridized carbons (Fsp3) is 0.406. The number of hydrogen-bond acceptors (Lipinski definition) is 10. The lowest BCUT2D eigenvalue weighted by Gasteiger charge is -2.41. The molecule has 446 valence electrons. The zero-order chi connectivity index (χ0) is 61.5. The second-order valence-electron chi connectivity index (χ2n) is 24.0. The molecule has 5 aromatic carbocycles. The zero-order valence-electron chi connectivity index (χ0n) is 49.8. The van der Waals surface area contributed by atoms with E-state index in [-0.39, 0.29) is 48.2 Å². The van der Waals surface area contributed by atoms with Crippen LogP contribution in [-0.2, 0) is 54.7 Å². The summed E-state index contributed by atoms with van der Waals surface area (Å²) in [7, 11) is 3.26. The van der Waals surface area contributed by atoms with E-state index in [0.717, 1.165) is 11.1 Å². The van der Waals surface area contributed by atoms with Gasteiger partial charge in [-0.2, -0.15) is 0 Å². The number of nitrogens with one attached hydrogen (secondary N) is 8. The summed E-state index contributed by atoms with van der Waals surface area (Å²) >= 11 is 0. The molecule has 84 heavy (non-hydrogen) atoms. The van der Waals surface area contributed by atoms with Crippen LogP contribution in [0.1, 0.15) is 135 Å².